The first-order chi connectivity index (χ1) is 16.9. The molecule has 0 aliphatic carbocycles. The third kappa shape index (κ3) is 5.94. The number of carbonyl (C=O) groups excluding carboxylic acids is 3. The minimum Gasteiger partial charge on any atom is -0.462 e. The first-order valence-corrected chi connectivity index (χ1v) is 11.2. The van der Waals surface area contributed by atoms with Gasteiger partial charge in [-0.25, -0.2) is 4.79 Å². The number of piperazine rings is 1. The van der Waals surface area contributed by atoms with Crippen LogP contribution in [0.2, 0.25) is 0 Å². The van der Waals surface area contributed by atoms with E-state index < -0.39 is 11.9 Å². The fourth-order valence-corrected chi connectivity index (χ4v) is 3.65. The average Bonchev–Trinajstić information content (AvgIpc) is 3.33. The molecular formula is C24H26N6O5. The standard InChI is InChI=1S/C24H26N6O5/c1-3-34-23(33)17-5-4-6-19(15-17)26-24-28-27-22(35-24)21(32)25-18-7-9-20(10-8-18)30-13-11-29(12-14-30)16(2)31/h4-10,15H,3,11-14H2,1-2H3,(H,25,32)(H,26,28). The highest BCUT2D eigenvalue weighted by Gasteiger charge is 2.19. The molecule has 0 radical (unpaired) electrons. The molecule has 0 spiro atoms. The van der Waals surface area contributed by atoms with E-state index in [0.717, 1.165) is 18.8 Å². The number of anilines is 4. The highest BCUT2D eigenvalue weighted by Crippen LogP contribution is 2.21. The third-order valence-corrected chi connectivity index (χ3v) is 5.46. The Morgan fingerprint density at radius 2 is 1.74 bits per heavy atom. The molecule has 3 aromatic rings. The van der Waals surface area contributed by atoms with Gasteiger partial charge in [0.2, 0.25) is 5.91 Å². The SMILES string of the molecule is CCOC(=O)c1cccc(Nc2nnc(C(=O)Nc3ccc(N4CCN(C(C)=O)CC4)cc3)o2)c1. The van der Waals surface area contributed by atoms with Gasteiger partial charge in [-0.05, 0) is 49.4 Å². The van der Waals surface area contributed by atoms with E-state index >= 15 is 0 Å². The molecular weight excluding hydrogens is 452 g/mol. The summed E-state index contributed by atoms with van der Waals surface area (Å²) in [6.07, 6.45) is 0. The molecule has 11 heteroatoms. The fourth-order valence-electron chi connectivity index (χ4n) is 3.65. The van der Waals surface area contributed by atoms with E-state index in [0.29, 0.717) is 30.0 Å². The van der Waals surface area contributed by atoms with Crippen molar-refractivity contribution in [1.82, 2.24) is 15.1 Å². The number of hydrogen-bond donors (Lipinski definition) is 2. The van der Waals surface area contributed by atoms with Crippen molar-refractivity contribution in [1.29, 1.82) is 0 Å². The van der Waals surface area contributed by atoms with Crippen LogP contribution in [-0.4, -0.2) is 65.7 Å². The molecule has 1 aromatic heterocycles. The van der Waals surface area contributed by atoms with Gasteiger partial charge in [-0.2, -0.15) is 0 Å². The normalized spacial score (nSPS) is 13.3. The summed E-state index contributed by atoms with van der Waals surface area (Å²) in [6, 6.07) is 14.0. The molecule has 4 rings (SSSR count). The van der Waals surface area contributed by atoms with E-state index in [1.165, 1.54) is 0 Å². The van der Waals surface area contributed by atoms with Crippen LogP contribution >= 0.6 is 0 Å². The van der Waals surface area contributed by atoms with Gasteiger partial charge in [0.25, 0.3) is 0 Å². The number of amides is 2. The van der Waals surface area contributed by atoms with E-state index in [4.69, 9.17) is 9.15 Å². The van der Waals surface area contributed by atoms with Crippen molar-refractivity contribution in [2.45, 2.75) is 13.8 Å². The summed E-state index contributed by atoms with van der Waals surface area (Å²) in [6.45, 7) is 6.48. The molecule has 1 saturated heterocycles. The van der Waals surface area contributed by atoms with Crippen LogP contribution in [0.1, 0.15) is 34.9 Å². The van der Waals surface area contributed by atoms with Gasteiger partial charge in [0.05, 0.1) is 12.2 Å². The average molecular weight is 479 g/mol. The second-order valence-electron chi connectivity index (χ2n) is 7.83. The summed E-state index contributed by atoms with van der Waals surface area (Å²) < 4.78 is 10.4. The third-order valence-electron chi connectivity index (χ3n) is 5.46. The number of nitrogens with one attached hydrogen (secondary N) is 2. The molecule has 35 heavy (non-hydrogen) atoms. The first-order valence-electron chi connectivity index (χ1n) is 11.2. The van der Waals surface area contributed by atoms with Crippen molar-refractivity contribution < 1.29 is 23.5 Å². The van der Waals surface area contributed by atoms with E-state index in [9.17, 15) is 14.4 Å². The number of rotatable bonds is 7. The topological polar surface area (TPSA) is 130 Å². The van der Waals surface area contributed by atoms with Crippen LogP contribution < -0.4 is 15.5 Å². The summed E-state index contributed by atoms with van der Waals surface area (Å²) in [4.78, 5) is 39.9. The van der Waals surface area contributed by atoms with Crippen molar-refractivity contribution in [3.05, 3.63) is 60.0 Å². The molecule has 2 N–H and O–H groups in total. The largest absolute Gasteiger partial charge is 0.462 e. The highest BCUT2D eigenvalue weighted by atomic mass is 16.5. The predicted octanol–water partition coefficient (Wildman–Crippen LogP) is 2.91. The van der Waals surface area contributed by atoms with Gasteiger partial charge < -0.3 is 29.6 Å². The number of nitrogens with zero attached hydrogens (tertiary/aromatic N) is 4. The molecule has 0 unspecified atom stereocenters. The minimum absolute atomic E-state index is 0.0104. The quantitative estimate of drug-likeness (QED) is 0.492. The number of aromatic nitrogens is 2. The Labute approximate surface area is 202 Å². The van der Waals surface area contributed by atoms with Crippen LogP contribution in [0.25, 0.3) is 0 Å². The fraction of sp³-hybridized carbons (Fsp3) is 0.292. The van der Waals surface area contributed by atoms with Gasteiger partial charge in [0, 0.05) is 50.2 Å². The second kappa shape index (κ2) is 10.7. The van der Waals surface area contributed by atoms with Gasteiger partial charge in [-0.1, -0.05) is 11.2 Å². The van der Waals surface area contributed by atoms with Gasteiger partial charge in [-0.15, -0.1) is 5.10 Å². The molecule has 1 aliphatic heterocycles. The molecule has 182 valence electrons. The smallest absolute Gasteiger partial charge is 0.338 e. The Balaban J connectivity index is 1.33. The lowest BCUT2D eigenvalue weighted by Gasteiger charge is -2.35. The molecule has 0 saturated carbocycles. The van der Waals surface area contributed by atoms with E-state index in [1.807, 2.05) is 17.0 Å². The maximum atomic E-state index is 12.5. The zero-order valence-electron chi connectivity index (χ0n) is 19.5. The summed E-state index contributed by atoms with van der Waals surface area (Å²) in [5, 5.41) is 13.2. The lowest BCUT2D eigenvalue weighted by molar-refractivity contribution is -0.129. The number of benzene rings is 2. The Bertz CT molecular complexity index is 1200. The highest BCUT2D eigenvalue weighted by molar-refractivity contribution is 6.01. The Hall–Kier alpha value is -4.41. The number of carbonyl (C=O) groups is 3. The van der Waals surface area contributed by atoms with Crippen molar-refractivity contribution in [2.75, 3.05) is 48.3 Å². The van der Waals surface area contributed by atoms with E-state index in [1.54, 1.807) is 50.2 Å². The van der Waals surface area contributed by atoms with Gasteiger partial charge in [0.1, 0.15) is 0 Å². The summed E-state index contributed by atoms with van der Waals surface area (Å²) in [5.41, 5.74) is 2.50. The summed E-state index contributed by atoms with van der Waals surface area (Å²) in [5.74, 6) is -1.11. The molecule has 0 atom stereocenters. The number of ether oxygens (including phenoxy) is 1. The lowest BCUT2D eigenvalue weighted by atomic mass is 10.2. The van der Waals surface area contributed by atoms with Crippen molar-refractivity contribution in [3.8, 4) is 0 Å². The summed E-state index contributed by atoms with van der Waals surface area (Å²) in [7, 11) is 0. The van der Waals surface area contributed by atoms with Crippen LogP contribution in [0.3, 0.4) is 0 Å². The number of esters is 1. The summed E-state index contributed by atoms with van der Waals surface area (Å²) >= 11 is 0. The molecule has 2 heterocycles. The predicted molar refractivity (Wildman–Crippen MR) is 129 cm³/mol. The zero-order valence-corrected chi connectivity index (χ0v) is 19.5. The Morgan fingerprint density at radius 1 is 1.00 bits per heavy atom. The van der Waals surface area contributed by atoms with E-state index in [-0.39, 0.29) is 24.4 Å². The zero-order chi connectivity index (χ0) is 24.8. The van der Waals surface area contributed by atoms with Gasteiger partial charge >= 0.3 is 23.8 Å². The van der Waals surface area contributed by atoms with Crippen LogP contribution in [-0.2, 0) is 9.53 Å². The molecule has 2 aromatic carbocycles. The van der Waals surface area contributed by atoms with Gasteiger partial charge in [-0.3, -0.25) is 9.59 Å². The first kappa shape index (κ1) is 23.7. The molecule has 0 bridgehead atoms. The molecule has 1 aliphatic rings. The van der Waals surface area contributed by atoms with Crippen LogP contribution in [0.15, 0.2) is 52.9 Å². The van der Waals surface area contributed by atoms with Crippen molar-refractivity contribution in [2.24, 2.45) is 0 Å². The maximum Gasteiger partial charge on any atom is 0.338 e. The van der Waals surface area contributed by atoms with Crippen LogP contribution in [0, 0.1) is 0 Å². The molecule has 2 amide bonds. The molecule has 11 nitrogen and oxygen atoms in total. The monoisotopic (exact) mass is 478 g/mol. The van der Waals surface area contributed by atoms with Gasteiger partial charge in [0.15, 0.2) is 0 Å². The van der Waals surface area contributed by atoms with Crippen LogP contribution in [0.5, 0.6) is 0 Å². The van der Waals surface area contributed by atoms with Crippen LogP contribution in [0.4, 0.5) is 23.1 Å². The maximum absolute atomic E-state index is 12.5. The Kier molecular flexibility index (Phi) is 7.24. The van der Waals surface area contributed by atoms with Crippen molar-refractivity contribution in [3.63, 3.8) is 0 Å². The van der Waals surface area contributed by atoms with E-state index in [2.05, 4.69) is 25.7 Å². The second-order valence-corrected chi connectivity index (χ2v) is 7.83. The van der Waals surface area contributed by atoms with Crippen molar-refractivity contribution >= 4 is 40.9 Å². The lowest BCUT2D eigenvalue weighted by Crippen LogP contribution is -2.48. The Morgan fingerprint density at radius 3 is 2.43 bits per heavy atom. The number of hydrogen-bond acceptors (Lipinski definition) is 9. The minimum atomic E-state index is -0.548. The molecule has 1 fully saturated rings.